The third-order valence-corrected chi connectivity index (χ3v) is 2.48. The molecule has 1 rings (SSSR count). The minimum Gasteiger partial charge on any atom is -0.399 e. The maximum atomic E-state index is 4.56. The van der Waals surface area contributed by atoms with Crippen molar-refractivity contribution in [2.24, 2.45) is 5.16 Å². The van der Waals surface area contributed by atoms with Crippen molar-refractivity contribution in [3.8, 4) is 0 Å². The Morgan fingerprint density at radius 2 is 2.45 bits per heavy atom. The second-order valence-electron chi connectivity index (χ2n) is 2.07. The Morgan fingerprint density at radius 3 is 3.00 bits per heavy atom. The molecule has 1 aromatic rings. The Labute approximate surface area is 70.5 Å². The fourth-order valence-corrected chi connectivity index (χ4v) is 1.57. The van der Waals surface area contributed by atoms with Gasteiger partial charge >= 0.3 is 0 Å². The van der Waals surface area contributed by atoms with Crippen molar-refractivity contribution in [3.05, 3.63) is 21.9 Å². The molecule has 2 nitrogen and oxygen atoms in total. The van der Waals surface area contributed by atoms with E-state index in [4.69, 9.17) is 0 Å². The quantitative estimate of drug-likeness (QED) is 0.502. The summed E-state index contributed by atoms with van der Waals surface area (Å²) >= 11 is 1.74. The minimum atomic E-state index is 1.09. The van der Waals surface area contributed by atoms with E-state index in [1.54, 1.807) is 24.7 Å². The van der Waals surface area contributed by atoms with Crippen LogP contribution in [-0.2, 0) is 11.3 Å². The van der Waals surface area contributed by atoms with Crippen LogP contribution in [-0.4, -0.2) is 13.3 Å². The highest BCUT2D eigenvalue weighted by Crippen LogP contribution is 2.14. The van der Waals surface area contributed by atoms with E-state index >= 15 is 0 Å². The van der Waals surface area contributed by atoms with Gasteiger partial charge in [0.25, 0.3) is 0 Å². The SMILES string of the molecule is CCc1ccc(/C=N/OC)s1. The van der Waals surface area contributed by atoms with Crippen molar-refractivity contribution in [2.45, 2.75) is 13.3 Å². The van der Waals surface area contributed by atoms with Gasteiger partial charge in [-0.3, -0.25) is 0 Å². The molecular weight excluding hydrogens is 158 g/mol. The van der Waals surface area contributed by atoms with Crippen molar-refractivity contribution in [2.75, 3.05) is 7.11 Å². The van der Waals surface area contributed by atoms with Gasteiger partial charge in [0, 0.05) is 9.75 Å². The topological polar surface area (TPSA) is 21.6 Å². The lowest BCUT2D eigenvalue weighted by Gasteiger charge is -1.84. The van der Waals surface area contributed by atoms with Gasteiger partial charge in [-0.05, 0) is 18.6 Å². The normalized spacial score (nSPS) is 10.7. The van der Waals surface area contributed by atoms with Gasteiger partial charge in [0.2, 0.25) is 0 Å². The zero-order chi connectivity index (χ0) is 8.10. The first-order valence-electron chi connectivity index (χ1n) is 3.52. The van der Waals surface area contributed by atoms with E-state index in [1.165, 1.54) is 4.88 Å². The van der Waals surface area contributed by atoms with E-state index in [0.29, 0.717) is 0 Å². The first-order chi connectivity index (χ1) is 5.36. The van der Waals surface area contributed by atoms with Gasteiger partial charge in [0.15, 0.2) is 0 Å². The predicted octanol–water partition coefficient (Wildman–Crippen LogP) is 2.29. The monoisotopic (exact) mass is 169 g/mol. The Hall–Kier alpha value is -0.830. The van der Waals surface area contributed by atoms with Gasteiger partial charge in [0.1, 0.15) is 7.11 Å². The summed E-state index contributed by atoms with van der Waals surface area (Å²) in [7, 11) is 1.55. The van der Waals surface area contributed by atoms with Gasteiger partial charge in [-0.2, -0.15) is 0 Å². The second-order valence-corrected chi connectivity index (χ2v) is 3.27. The number of aryl methyl sites for hydroxylation is 1. The molecule has 0 saturated heterocycles. The first-order valence-corrected chi connectivity index (χ1v) is 4.33. The van der Waals surface area contributed by atoms with Crippen molar-refractivity contribution in [3.63, 3.8) is 0 Å². The number of oxime groups is 1. The molecule has 0 amide bonds. The fraction of sp³-hybridized carbons (Fsp3) is 0.375. The van der Waals surface area contributed by atoms with E-state index in [-0.39, 0.29) is 0 Å². The molecule has 0 atom stereocenters. The fourth-order valence-electron chi connectivity index (χ4n) is 0.759. The molecule has 0 aliphatic rings. The number of nitrogens with zero attached hydrogens (tertiary/aromatic N) is 1. The van der Waals surface area contributed by atoms with Gasteiger partial charge < -0.3 is 4.84 Å². The molecule has 0 bridgehead atoms. The zero-order valence-corrected chi connectivity index (χ0v) is 7.52. The summed E-state index contributed by atoms with van der Waals surface area (Å²) in [6.45, 7) is 2.14. The molecule has 0 aliphatic heterocycles. The van der Waals surface area contributed by atoms with Crippen LogP contribution in [0.3, 0.4) is 0 Å². The Morgan fingerprint density at radius 1 is 1.64 bits per heavy atom. The molecule has 60 valence electrons. The Bertz CT molecular complexity index is 242. The maximum Gasteiger partial charge on any atom is 0.106 e. The van der Waals surface area contributed by atoms with Crippen molar-refractivity contribution in [1.29, 1.82) is 0 Å². The lowest BCUT2D eigenvalue weighted by molar-refractivity contribution is 0.215. The molecule has 0 unspecified atom stereocenters. The van der Waals surface area contributed by atoms with E-state index in [2.05, 4.69) is 23.0 Å². The molecular formula is C8H11NOS. The third kappa shape index (κ3) is 2.35. The van der Waals surface area contributed by atoms with Crippen LogP contribution in [0, 0.1) is 0 Å². The predicted molar refractivity (Wildman–Crippen MR) is 48.3 cm³/mol. The van der Waals surface area contributed by atoms with Crippen LogP contribution >= 0.6 is 11.3 Å². The molecule has 3 heteroatoms. The number of hydrogen-bond acceptors (Lipinski definition) is 3. The van der Waals surface area contributed by atoms with Crippen LogP contribution < -0.4 is 0 Å². The highest BCUT2D eigenvalue weighted by atomic mass is 32.1. The van der Waals surface area contributed by atoms with Crippen molar-refractivity contribution >= 4 is 17.6 Å². The molecule has 0 aromatic carbocycles. The molecule has 11 heavy (non-hydrogen) atoms. The van der Waals surface area contributed by atoms with Crippen LogP contribution in [0.2, 0.25) is 0 Å². The summed E-state index contributed by atoms with van der Waals surface area (Å²) in [6.07, 6.45) is 2.81. The summed E-state index contributed by atoms with van der Waals surface area (Å²) in [4.78, 5) is 7.08. The van der Waals surface area contributed by atoms with Crippen LogP contribution in [0.15, 0.2) is 17.3 Å². The molecule has 1 aromatic heterocycles. The lowest BCUT2D eigenvalue weighted by atomic mass is 10.4. The molecule has 0 aliphatic carbocycles. The summed E-state index contributed by atoms with van der Waals surface area (Å²) in [5, 5.41) is 3.68. The van der Waals surface area contributed by atoms with Gasteiger partial charge in [0.05, 0.1) is 6.21 Å². The summed E-state index contributed by atoms with van der Waals surface area (Å²) in [5.41, 5.74) is 0. The second kappa shape index (κ2) is 4.13. The molecule has 0 fully saturated rings. The molecule has 0 N–H and O–H groups in total. The Balaban J connectivity index is 2.65. The first kappa shape index (κ1) is 8.27. The third-order valence-electron chi connectivity index (χ3n) is 1.32. The smallest absolute Gasteiger partial charge is 0.106 e. The van der Waals surface area contributed by atoms with Gasteiger partial charge in [-0.25, -0.2) is 0 Å². The number of rotatable bonds is 3. The van der Waals surface area contributed by atoms with Gasteiger partial charge in [-0.1, -0.05) is 12.1 Å². The van der Waals surface area contributed by atoms with E-state index < -0.39 is 0 Å². The maximum absolute atomic E-state index is 4.56. The summed E-state index contributed by atoms with van der Waals surface area (Å²) < 4.78 is 0. The summed E-state index contributed by atoms with van der Waals surface area (Å²) in [5.74, 6) is 0. The van der Waals surface area contributed by atoms with Gasteiger partial charge in [-0.15, -0.1) is 11.3 Å². The molecule has 0 saturated carbocycles. The van der Waals surface area contributed by atoms with E-state index in [1.807, 2.05) is 6.07 Å². The lowest BCUT2D eigenvalue weighted by Crippen LogP contribution is -1.73. The average Bonchev–Trinajstić information content (AvgIpc) is 2.48. The highest BCUT2D eigenvalue weighted by Gasteiger charge is 1.93. The number of hydrogen-bond donors (Lipinski definition) is 0. The average molecular weight is 169 g/mol. The number of thiophene rings is 1. The largest absolute Gasteiger partial charge is 0.399 e. The molecule has 0 spiro atoms. The van der Waals surface area contributed by atoms with Crippen molar-refractivity contribution < 1.29 is 4.84 Å². The van der Waals surface area contributed by atoms with E-state index in [0.717, 1.165) is 11.3 Å². The zero-order valence-electron chi connectivity index (χ0n) is 6.70. The minimum absolute atomic E-state index is 1.09. The Kier molecular flexibility index (Phi) is 3.11. The standard InChI is InChI=1S/C8H11NOS/c1-3-7-4-5-8(11-7)6-9-10-2/h4-6H,3H2,1-2H3/b9-6+. The van der Waals surface area contributed by atoms with Crippen LogP contribution in [0.4, 0.5) is 0 Å². The summed E-state index contributed by atoms with van der Waals surface area (Å²) in [6, 6.07) is 4.16. The highest BCUT2D eigenvalue weighted by molar-refractivity contribution is 7.13. The van der Waals surface area contributed by atoms with Crippen molar-refractivity contribution in [1.82, 2.24) is 0 Å². The van der Waals surface area contributed by atoms with Crippen LogP contribution in [0.25, 0.3) is 0 Å². The van der Waals surface area contributed by atoms with Crippen LogP contribution in [0.1, 0.15) is 16.7 Å². The van der Waals surface area contributed by atoms with E-state index in [9.17, 15) is 0 Å². The molecule has 1 heterocycles. The van der Waals surface area contributed by atoms with Crippen LogP contribution in [0.5, 0.6) is 0 Å². The molecule has 0 radical (unpaired) electrons.